The number of rotatable bonds is 6. The lowest BCUT2D eigenvalue weighted by molar-refractivity contribution is -0.132. The highest BCUT2D eigenvalue weighted by Crippen LogP contribution is 2.21. The van der Waals surface area contributed by atoms with Crippen molar-refractivity contribution in [3.8, 4) is 5.69 Å². The molecule has 0 N–H and O–H groups in total. The number of carbonyl (C=O) groups is 1. The number of piperazine rings is 1. The summed E-state index contributed by atoms with van der Waals surface area (Å²) < 4.78 is 15.9. The Morgan fingerprint density at radius 3 is 2.50 bits per heavy atom. The lowest BCUT2D eigenvalue weighted by Gasteiger charge is -2.35. The summed E-state index contributed by atoms with van der Waals surface area (Å²) >= 11 is 0. The Labute approximate surface area is 153 Å². The Balaban J connectivity index is 1.64. The average molecular weight is 359 g/mol. The number of likely N-dealkylation sites (N-methyl/N-ethyl adjacent to an activating group) is 1. The van der Waals surface area contributed by atoms with Gasteiger partial charge in [0.05, 0.1) is 12.2 Å². The monoisotopic (exact) mass is 359 g/mol. The molecule has 1 amide bonds. The van der Waals surface area contributed by atoms with Crippen molar-refractivity contribution in [2.24, 2.45) is 0 Å². The number of nitrogens with zero attached hydrogens (tertiary/aromatic N) is 5. The standard InChI is InChI=1S/C19H26FN5O/c1-3-23(4-2)18(26)15-22-11-13-24(14-12-22)19-21-9-10-25(19)17-8-6-5-7-16(17)20/h5-10H,3-4,11-15H2,1-2H3. The number of aromatic nitrogens is 2. The first-order valence-corrected chi connectivity index (χ1v) is 9.17. The van der Waals surface area contributed by atoms with Crippen molar-refractivity contribution in [3.63, 3.8) is 0 Å². The highest BCUT2D eigenvalue weighted by atomic mass is 19.1. The molecule has 0 radical (unpaired) electrons. The fourth-order valence-electron chi connectivity index (χ4n) is 3.34. The summed E-state index contributed by atoms with van der Waals surface area (Å²) in [6.07, 6.45) is 3.47. The zero-order valence-electron chi connectivity index (χ0n) is 15.4. The normalized spacial score (nSPS) is 15.3. The highest BCUT2D eigenvalue weighted by molar-refractivity contribution is 5.78. The summed E-state index contributed by atoms with van der Waals surface area (Å²) in [7, 11) is 0. The molecule has 0 aliphatic carbocycles. The van der Waals surface area contributed by atoms with Crippen LogP contribution in [0.5, 0.6) is 0 Å². The van der Waals surface area contributed by atoms with Crippen LogP contribution in [0.4, 0.5) is 10.3 Å². The van der Waals surface area contributed by atoms with E-state index in [0.717, 1.165) is 45.2 Å². The van der Waals surface area contributed by atoms with Crippen molar-refractivity contribution in [1.29, 1.82) is 0 Å². The van der Waals surface area contributed by atoms with Gasteiger partial charge < -0.3 is 9.80 Å². The zero-order valence-corrected chi connectivity index (χ0v) is 15.4. The first kappa shape index (κ1) is 18.4. The van der Waals surface area contributed by atoms with Crippen LogP contribution in [0.2, 0.25) is 0 Å². The summed E-state index contributed by atoms with van der Waals surface area (Å²) in [6, 6.07) is 6.70. The second-order valence-corrected chi connectivity index (χ2v) is 6.38. The first-order valence-electron chi connectivity index (χ1n) is 9.17. The molecule has 0 bridgehead atoms. The Bertz CT molecular complexity index is 735. The molecule has 0 unspecified atom stereocenters. The average Bonchev–Trinajstić information content (AvgIpc) is 3.13. The van der Waals surface area contributed by atoms with Gasteiger partial charge in [0.1, 0.15) is 5.82 Å². The molecule has 0 saturated carbocycles. The van der Waals surface area contributed by atoms with Gasteiger partial charge in [-0.25, -0.2) is 9.37 Å². The van der Waals surface area contributed by atoms with E-state index in [1.165, 1.54) is 6.07 Å². The van der Waals surface area contributed by atoms with Crippen LogP contribution in [-0.4, -0.2) is 71.1 Å². The highest BCUT2D eigenvalue weighted by Gasteiger charge is 2.23. The van der Waals surface area contributed by atoms with Gasteiger partial charge in [-0.3, -0.25) is 14.3 Å². The lowest BCUT2D eigenvalue weighted by Crippen LogP contribution is -2.50. The molecule has 1 saturated heterocycles. The van der Waals surface area contributed by atoms with E-state index >= 15 is 0 Å². The van der Waals surface area contributed by atoms with Crippen LogP contribution in [0.3, 0.4) is 0 Å². The number of benzene rings is 1. The maximum Gasteiger partial charge on any atom is 0.236 e. The second-order valence-electron chi connectivity index (χ2n) is 6.38. The molecule has 140 valence electrons. The van der Waals surface area contributed by atoms with E-state index in [4.69, 9.17) is 0 Å². The fourth-order valence-corrected chi connectivity index (χ4v) is 3.34. The van der Waals surface area contributed by atoms with Crippen molar-refractivity contribution in [3.05, 3.63) is 42.5 Å². The third-order valence-corrected chi connectivity index (χ3v) is 4.86. The van der Waals surface area contributed by atoms with Crippen molar-refractivity contribution in [2.45, 2.75) is 13.8 Å². The molecular formula is C19H26FN5O. The molecule has 1 aromatic carbocycles. The summed E-state index contributed by atoms with van der Waals surface area (Å²) in [6.45, 7) is 9.05. The maximum atomic E-state index is 14.1. The van der Waals surface area contributed by atoms with Crippen molar-refractivity contribution in [1.82, 2.24) is 19.4 Å². The number of imidazole rings is 1. The summed E-state index contributed by atoms with van der Waals surface area (Å²) in [4.78, 5) is 22.9. The number of hydrogen-bond acceptors (Lipinski definition) is 4. The molecule has 1 fully saturated rings. The van der Waals surface area contributed by atoms with Crippen molar-refractivity contribution < 1.29 is 9.18 Å². The first-order chi connectivity index (χ1) is 12.6. The minimum absolute atomic E-state index is 0.177. The van der Waals surface area contributed by atoms with Crippen LogP contribution in [0.25, 0.3) is 5.69 Å². The van der Waals surface area contributed by atoms with E-state index in [-0.39, 0.29) is 11.7 Å². The molecule has 2 heterocycles. The van der Waals surface area contributed by atoms with Gasteiger partial charge in [0.2, 0.25) is 11.9 Å². The van der Waals surface area contributed by atoms with Gasteiger partial charge in [0.15, 0.2) is 0 Å². The van der Waals surface area contributed by atoms with Gasteiger partial charge in [-0.2, -0.15) is 0 Å². The predicted molar refractivity (Wildman–Crippen MR) is 100 cm³/mol. The molecule has 7 heteroatoms. The zero-order chi connectivity index (χ0) is 18.5. The lowest BCUT2D eigenvalue weighted by atomic mass is 10.3. The maximum absolute atomic E-state index is 14.1. The minimum atomic E-state index is -0.268. The molecule has 0 atom stereocenters. The summed E-state index contributed by atoms with van der Waals surface area (Å²) in [5.41, 5.74) is 0.499. The van der Waals surface area contributed by atoms with E-state index in [1.54, 1.807) is 29.1 Å². The van der Waals surface area contributed by atoms with Crippen LogP contribution < -0.4 is 4.90 Å². The van der Waals surface area contributed by atoms with Crippen LogP contribution in [0.1, 0.15) is 13.8 Å². The van der Waals surface area contributed by atoms with Crippen LogP contribution in [0.15, 0.2) is 36.7 Å². The molecule has 2 aromatic rings. The minimum Gasteiger partial charge on any atom is -0.342 e. The fraction of sp³-hybridized carbons (Fsp3) is 0.474. The van der Waals surface area contributed by atoms with Gasteiger partial charge >= 0.3 is 0 Å². The van der Waals surface area contributed by atoms with E-state index < -0.39 is 0 Å². The van der Waals surface area contributed by atoms with Gasteiger partial charge in [-0.15, -0.1) is 0 Å². The summed E-state index contributed by atoms with van der Waals surface area (Å²) in [5, 5.41) is 0. The molecule has 26 heavy (non-hydrogen) atoms. The largest absolute Gasteiger partial charge is 0.342 e. The third-order valence-electron chi connectivity index (χ3n) is 4.86. The second kappa shape index (κ2) is 8.31. The Kier molecular flexibility index (Phi) is 5.88. The van der Waals surface area contributed by atoms with Gasteiger partial charge in [-0.1, -0.05) is 12.1 Å². The van der Waals surface area contributed by atoms with E-state index in [1.807, 2.05) is 24.8 Å². The molecular weight excluding hydrogens is 333 g/mol. The predicted octanol–water partition coefficient (Wildman–Crippen LogP) is 2.00. The molecule has 6 nitrogen and oxygen atoms in total. The number of anilines is 1. The Hall–Kier alpha value is -2.41. The van der Waals surface area contributed by atoms with Gasteiger partial charge in [-0.05, 0) is 26.0 Å². The third kappa shape index (κ3) is 3.88. The number of hydrogen-bond donors (Lipinski definition) is 0. The Morgan fingerprint density at radius 1 is 1.15 bits per heavy atom. The van der Waals surface area contributed by atoms with Crippen LogP contribution >= 0.6 is 0 Å². The number of halogens is 1. The quantitative estimate of drug-likeness (QED) is 0.791. The molecule has 1 aromatic heterocycles. The SMILES string of the molecule is CCN(CC)C(=O)CN1CCN(c2nccn2-c2ccccc2F)CC1. The van der Waals surface area contributed by atoms with Crippen LogP contribution in [-0.2, 0) is 4.79 Å². The molecule has 1 aliphatic heterocycles. The summed E-state index contributed by atoms with van der Waals surface area (Å²) in [5.74, 6) is 0.649. The molecule has 3 rings (SSSR count). The Morgan fingerprint density at radius 2 is 1.85 bits per heavy atom. The van der Waals surface area contributed by atoms with E-state index in [0.29, 0.717) is 12.2 Å². The van der Waals surface area contributed by atoms with Gasteiger partial charge in [0.25, 0.3) is 0 Å². The van der Waals surface area contributed by atoms with E-state index in [9.17, 15) is 9.18 Å². The topological polar surface area (TPSA) is 44.6 Å². The number of carbonyl (C=O) groups excluding carboxylic acids is 1. The van der Waals surface area contributed by atoms with E-state index in [2.05, 4.69) is 14.8 Å². The smallest absolute Gasteiger partial charge is 0.236 e. The molecule has 0 spiro atoms. The van der Waals surface area contributed by atoms with Crippen LogP contribution in [0, 0.1) is 5.82 Å². The van der Waals surface area contributed by atoms with Crippen molar-refractivity contribution in [2.75, 3.05) is 50.7 Å². The molecule has 1 aliphatic rings. The number of para-hydroxylation sites is 1. The van der Waals surface area contributed by atoms with Crippen molar-refractivity contribution >= 4 is 11.9 Å². The van der Waals surface area contributed by atoms with Gasteiger partial charge in [0, 0.05) is 51.7 Å². The number of amides is 1.